The Morgan fingerprint density at radius 1 is 1.44 bits per heavy atom. The molecule has 0 aliphatic heterocycles. The number of hydrogen-bond donors (Lipinski definition) is 1. The summed E-state index contributed by atoms with van der Waals surface area (Å²) in [7, 11) is 1.75. The van der Waals surface area contributed by atoms with Crippen LogP contribution in [-0.4, -0.2) is 24.7 Å². The molecule has 0 aliphatic carbocycles. The van der Waals surface area contributed by atoms with Crippen LogP contribution in [0.4, 0.5) is 0 Å². The highest BCUT2D eigenvalue weighted by atomic mass is 32.1. The molecule has 1 rings (SSSR count). The molecule has 0 radical (unpaired) electrons. The third kappa shape index (κ3) is 3.85. The quantitative estimate of drug-likeness (QED) is 0.798. The van der Waals surface area contributed by atoms with Gasteiger partial charge in [-0.1, -0.05) is 13.8 Å². The van der Waals surface area contributed by atoms with Crippen molar-refractivity contribution in [1.29, 1.82) is 0 Å². The van der Waals surface area contributed by atoms with Crippen molar-refractivity contribution in [3.8, 4) is 0 Å². The van der Waals surface area contributed by atoms with Crippen LogP contribution in [0.25, 0.3) is 0 Å². The van der Waals surface area contributed by atoms with Gasteiger partial charge in [0.15, 0.2) is 0 Å². The molecule has 0 spiro atoms. The highest BCUT2D eigenvalue weighted by Crippen LogP contribution is 2.21. The first-order chi connectivity index (χ1) is 7.71. The maximum absolute atomic E-state index is 5.20. The zero-order valence-electron chi connectivity index (χ0n) is 10.6. The van der Waals surface area contributed by atoms with Gasteiger partial charge >= 0.3 is 0 Å². The van der Waals surface area contributed by atoms with Crippen LogP contribution >= 0.6 is 11.3 Å². The van der Waals surface area contributed by atoms with E-state index in [0.29, 0.717) is 12.1 Å². The van der Waals surface area contributed by atoms with E-state index in [0.717, 1.165) is 25.1 Å². The van der Waals surface area contributed by atoms with Crippen molar-refractivity contribution in [2.45, 2.75) is 45.7 Å². The zero-order chi connectivity index (χ0) is 12.0. The van der Waals surface area contributed by atoms with E-state index in [4.69, 9.17) is 4.74 Å². The van der Waals surface area contributed by atoms with Gasteiger partial charge in [-0.05, 0) is 19.8 Å². The van der Waals surface area contributed by atoms with Crippen LogP contribution in [0.15, 0.2) is 5.38 Å². The Hall–Kier alpha value is -0.450. The number of rotatable bonds is 7. The number of hydrogen-bond acceptors (Lipinski definition) is 4. The van der Waals surface area contributed by atoms with Gasteiger partial charge in [-0.3, -0.25) is 0 Å². The summed E-state index contributed by atoms with van der Waals surface area (Å²) >= 11 is 1.74. The maximum atomic E-state index is 5.20. The molecular weight excluding hydrogens is 220 g/mol. The van der Waals surface area contributed by atoms with Crippen molar-refractivity contribution >= 4 is 11.3 Å². The Balaban J connectivity index is 2.60. The standard InChI is InChI=1S/C12H22N2OS/c1-5-10(7-15-4)14-11(6-2)12-13-9(3)8-16-12/h8,10-11,14H,5-7H2,1-4H3. The average Bonchev–Trinajstić information content (AvgIpc) is 2.71. The SMILES string of the molecule is CCC(COC)NC(CC)c1nc(C)cs1. The van der Waals surface area contributed by atoms with Gasteiger partial charge in [0.05, 0.1) is 12.6 Å². The molecule has 92 valence electrons. The fraction of sp³-hybridized carbons (Fsp3) is 0.750. The van der Waals surface area contributed by atoms with Crippen molar-refractivity contribution in [2.75, 3.05) is 13.7 Å². The predicted molar refractivity (Wildman–Crippen MR) is 69.0 cm³/mol. The van der Waals surface area contributed by atoms with E-state index < -0.39 is 0 Å². The lowest BCUT2D eigenvalue weighted by Crippen LogP contribution is -2.35. The Morgan fingerprint density at radius 3 is 2.62 bits per heavy atom. The molecule has 1 N–H and O–H groups in total. The van der Waals surface area contributed by atoms with E-state index in [2.05, 4.69) is 29.5 Å². The highest BCUT2D eigenvalue weighted by molar-refractivity contribution is 7.09. The third-order valence-electron chi connectivity index (χ3n) is 2.64. The minimum absolute atomic E-state index is 0.360. The normalized spacial score (nSPS) is 15.0. The van der Waals surface area contributed by atoms with E-state index in [1.54, 1.807) is 18.4 Å². The molecule has 0 fully saturated rings. The molecule has 2 unspecified atom stereocenters. The summed E-state index contributed by atoms with van der Waals surface area (Å²) < 4.78 is 5.20. The molecule has 0 saturated carbocycles. The zero-order valence-corrected chi connectivity index (χ0v) is 11.4. The summed E-state index contributed by atoms with van der Waals surface area (Å²) in [6.07, 6.45) is 2.14. The third-order valence-corrected chi connectivity index (χ3v) is 3.72. The molecule has 16 heavy (non-hydrogen) atoms. The Kier molecular flexibility index (Phi) is 5.95. The number of thiazole rings is 1. The molecule has 1 aromatic rings. The maximum Gasteiger partial charge on any atom is 0.110 e. The highest BCUT2D eigenvalue weighted by Gasteiger charge is 2.16. The minimum atomic E-state index is 0.360. The second-order valence-corrected chi connectivity index (χ2v) is 4.90. The van der Waals surface area contributed by atoms with Crippen LogP contribution in [0.5, 0.6) is 0 Å². The predicted octanol–water partition coefficient (Wildman–Crippen LogP) is 2.92. The van der Waals surface area contributed by atoms with E-state index in [1.807, 2.05) is 6.92 Å². The lowest BCUT2D eigenvalue weighted by Gasteiger charge is -2.22. The lowest BCUT2D eigenvalue weighted by molar-refractivity contribution is 0.157. The number of methoxy groups -OCH3 is 1. The summed E-state index contributed by atoms with van der Waals surface area (Å²) in [5.74, 6) is 0. The second-order valence-electron chi connectivity index (χ2n) is 4.02. The summed E-state index contributed by atoms with van der Waals surface area (Å²) in [6, 6.07) is 0.776. The topological polar surface area (TPSA) is 34.1 Å². The molecule has 1 heterocycles. The van der Waals surface area contributed by atoms with E-state index in [1.165, 1.54) is 5.01 Å². The number of nitrogens with zero attached hydrogens (tertiary/aromatic N) is 1. The fourth-order valence-electron chi connectivity index (χ4n) is 1.67. The van der Waals surface area contributed by atoms with Crippen molar-refractivity contribution < 1.29 is 4.74 Å². The number of ether oxygens (including phenoxy) is 1. The molecule has 0 aliphatic rings. The molecule has 0 aromatic carbocycles. The van der Waals surface area contributed by atoms with Crippen LogP contribution in [0.1, 0.15) is 43.4 Å². The largest absolute Gasteiger partial charge is 0.383 e. The molecule has 0 amide bonds. The molecule has 3 nitrogen and oxygen atoms in total. The van der Waals surface area contributed by atoms with Crippen LogP contribution < -0.4 is 5.32 Å². The van der Waals surface area contributed by atoms with Crippen LogP contribution in [-0.2, 0) is 4.74 Å². The lowest BCUT2D eigenvalue weighted by atomic mass is 10.1. The van der Waals surface area contributed by atoms with Crippen LogP contribution in [0, 0.1) is 6.92 Å². The van der Waals surface area contributed by atoms with Gasteiger partial charge < -0.3 is 10.1 Å². The van der Waals surface area contributed by atoms with Gasteiger partial charge in [0, 0.05) is 24.2 Å². The summed E-state index contributed by atoms with van der Waals surface area (Å²) in [5.41, 5.74) is 1.11. The molecule has 4 heteroatoms. The summed E-state index contributed by atoms with van der Waals surface area (Å²) in [5, 5.41) is 6.90. The first-order valence-corrected chi connectivity index (χ1v) is 6.76. The average molecular weight is 242 g/mol. The van der Waals surface area contributed by atoms with E-state index >= 15 is 0 Å². The fourth-order valence-corrected chi connectivity index (χ4v) is 2.61. The summed E-state index contributed by atoms with van der Waals surface area (Å²) in [6.45, 7) is 7.17. The van der Waals surface area contributed by atoms with Crippen LogP contribution in [0.2, 0.25) is 0 Å². The monoisotopic (exact) mass is 242 g/mol. The van der Waals surface area contributed by atoms with Crippen LogP contribution in [0.3, 0.4) is 0 Å². The van der Waals surface area contributed by atoms with Gasteiger partial charge in [0.1, 0.15) is 5.01 Å². The Labute approximate surface area is 102 Å². The second kappa shape index (κ2) is 6.99. The smallest absolute Gasteiger partial charge is 0.110 e. The van der Waals surface area contributed by atoms with Crippen molar-refractivity contribution in [1.82, 2.24) is 10.3 Å². The van der Waals surface area contributed by atoms with E-state index in [-0.39, 0.29) is 0 Å². The van der Waals surface area contributed by atoms with Gasteiger partial charge in [-0.2, -0.15) is 0 Å². The Morgan fingerprint density at radius 2 is 2.19 bits per heavy atom. The number of nitrogens with one attached hydrogen (secondary N) is 1. The summed E-state index contributed by atoms with van der Waals surface area (Å²) in [4.78, 5) is 4.54. The first kappa shape index (κ1) is 13.6. The van der Waals surface area contributed by atoms with Gasteiger partial charge in [0.2, 0.25) is 0 Å². The molecular formula is C12H22N2OS. The van der Waals surface area contributed by atoms with Crippen molar-refractivity contribution in [3.05, 3.63) is 16.1 Å². The molecule has 0 saturated heterocycles. The van der Waals surface area contributed by atoms with Crippen molar-refractivity contribution in [2.24, 2.45) is 0 Å². The number of aromatic nitrogens is 1. The minimum Gasteiger partial charge on any atom is -0.383 e. The first-order valence-electron chi connectivity index (χ1n) is 5.88. The van der Waals surface area contributed by atoms with Gasteiger partial charge in [-0.15, -0.1) is 11.3 Å². The van der Waals surface area contributed by atoms with Crippen molar-refractivity contribution in [3.63, 3.8) is 0 Å². The Bertz CT molecular complexity index is 301. The van der Waals surface area contributed by atoms with Gasteiger partial charge in [-0.25, -0.2) is 4.98 Å². The van der Waals surface area contributed by atoms with Gasteiger partial charge in [0.25, 0.3) is 0 Å². The molecule has 1 aromatic heterocycles. The molecule has 2 atom stereocenters. The molecule has 0 bridgehead atoms. The number of aryl methyl sites for hydroxylation is 1. The van der Waals surface area contributed by atoms with E-state index in [9.17, 15) is 0 Å².